The van der Waals surface area contributed by atoms with Crippen LogP contribution in [0.5, 0.6) is 0 Å². The Labute approximate surface area is 93.6 Å². The Kier molecular flexibility index (Phi) is 2.97. The molecule has 0 radical (unpaired) electrons. The van der Waals surface area contributed by atoms with Gasteiger partial charge in [0.15, 0.2) is 0 Å². The van der Waals surface area contributed by atoms with Gasteiger partial charge in [-0.2, -0.15) is 4.37 Å². The normalized spacial score (nSPS) is 10.3. The molecule has 0 saturated heterocycles. The molecule has 1 aromatic heterocycles. The van der Waals surface area contributed by atoms with E-state index in [4.69, 9.17) is 0 Å². The number of rotatable bonds is 3. The first-order chi connectivity index (χ1) is 7.25. The van der Waals surface area contributed by atoms with Gasteiger partial charge in [-0.15, -0.1) is 0 Å². The monoisotopic (exact) mass is 219 g/mol. The molecule has 0 aliphatic heterocycles. The van der Waals surface area contributed by atoms with Gasteiger partial charge in [0, 0.05) is 25.1 Å². The van der Waals surface area contributed by atoms with Gasteiger partial charge in [-0.1, -0.05) is 30.3 Å². The highest BCUT2D eigenvalue weighted by molar-refractivity contribution is 7.09. The molecular formula is C11H13N3S. The van der Waals surface area contributed by atoms with Crippen molar-refractivity contribution >= 4 is 16.7 Å². The molecule has 2 aromatic rings. The lowest BCUT2D eigenvalue weighted by Crippen LogP contribution is -2.15. The number of nitrogens with zero attached hydrogens (tertiary/aromatic N) is 3. The average Bonchev–Trinajstić information content (AvgIpc) is 2.66. The third kappa shape index (κ3) is 2.53. The Balaban J connectivity index is 2.07. The van der Waals surface area contributed by atoms with Crippen LogP contribution in [0.25, 0.3) is 0 Å². The minimum atomic E-state index is 0.843. The summed E-state index contributed by atoms with van der Waals surface area (Å²) in [6.45, 7) is 2.78. The Bertz CT molecular complexity index is 424. The molecule has 2 rings (SSSR count). The minimum Gasteiger partial charge on any atom is -0.346 e. The number of hydrogen-bond acceptors (Lipinski definition) is 4. The van der Waals surface area contributed by atoms with E-state index in [0.717, 1.165) is 17.5 Å². The highest BCUT2D eigenvalue weighted by Crippen LogP contribution is 2.17. The molecule has 0 atom stereocenters. The molecule has 0 saturated carbocycles. The summed E-state index contributed by atoms with van der Waals surface area (Å²) in [4.78, 5) is 6.45. The second-order valence-electron chi connectivity index (χ2n) is 3.47. The highest BCUT2D eigenvalue weighted by Gasteiger charge is 2.06. The molecule has 0 N–H and O–H groups in total. The molecule has 3 nitrogen and oxygen atoms in total. The topological polar surface area (TPSA) is 29.0 Å². The number of anilines is 1. The van der Waals surface area contributed by atoms with Crippen molar-refractivity contribution in [1.29, 1.82) is 0 Å². The zero-order valence-electron chi connectivity index (χ0n) is 8.84. The zero-order chi connectivity index (χ0) is 10.7. The van der Waals surface area contributed by atoms with Gasteiger partial charge in [0.2, 0.25) is 5.13 Å². The van der Waals surface area contributed by atoms with E-state index in [-0.39, 0.29) is 0 Å². The number of aromatic nitrogens is 2. The number of benzene rings is 1. The summed E-state index contributed by atoms with van der Waals surface area (Å²) < 4.78 is 4.17. The first kappa shape index (κ1) is 10.1. The molecule has 0 amide bonds. The maximum Gasteiger partial charge on any atom is 0.205 e. The van der Waals surface area contributed by atoms with E-state index in [1.165, 1.54) is 17.1 Å². The van der Waals surface area contributed by atoms with Crippen molar-refractivity contribution in [2.45, 2.75) is 13.5 Å². The van der Waals surface area contributed by atoms with Crippen LogP contribution >= 0.6 is 11.5 Å². The van der Waals surface area contributed by atoms with Crippen molar-refractivity contribution < 1.29 is 0 Å². The molecule has 4 heteroatoms. The first-order valence-electron chi connectivity index (χ1n) is 4.81. The largest absolute Gasteiger partial charge is 0.346 e. The fraction of sp³-hybridized carbons (Fsp3) is 0.273. The van der Waals surface area contributed by atoms with E-state index >= 15 is 0 Å². The number of hydrogen-bond donors (Lipinski definition) is 0. The van der Waals surface area contributed by atoms with E-state index in [0.29, 0.717) is 0 Å². The van der Waals surface area contributed by atoms with Crippen molar-refractivity contribution in [2.75, 3.05) is 11.9 Å². The molecule has 0 unspecified atom stereocenters. The van der Waals surface area contributed by atoms with Crippen molar-refractivity contribution in [3.8, 4) is 0 Å². The van der Waals surface area contributed by atoms with Crippen LogP contribution in [0.3, 0.4) is 0 Å². The van der Waals surface area contributed by atoms with E-state index in [1.54, 1.807) is 0 Å². The second-order valence-corrected chi connectivity index (χ2v) is 4.20. The SMILES string of the molecule is Cc1nsc(N(C)Cc2ccccc2)n1. The molecule has 0 fully saturated rings. The van der Waals surface area contributed by atoms with Gasteiger partial charge in [0.1, 0.15) is 5.82 Å². The van der Waals surface area contributed by atoms with Crippen LogP contribution in [0.2, 0.25) is 0 Å². The molecule has 15 heavy (non-hydrogen) atoms. The summed E-state index contributed by atoms with van der Waals surface area (Å²) in [5, 5.41) is 0.969. The summed E-state index contributed by atoms with van der Waals surface area (Å²) in [7, 11) is 2.03. The van der Waals surface area contributed by atoms with Crippen molar-refractivity contribution in [3.05, 3.63) is 41.7 Å². The quantitative estimate of drug-likeness (QED) is 0.794. The zero-order valence-corrected chi connectivity index (χ0v) is 9.66. The summed E-state index contributed by atoms with van der Waals surface area (Å²) in [6.07, 6.45) is 0. The predicted octanol–water partition coefficient (Wildman–Crippen LogP) is 2.48. The maximum atomic E-state index is 4.34. The summed E-state index contributed by atoms with van der Waals surface area (Å²) >= 11 is 1.44. The first-order valence-corrected chi connectivity index (χ1v) is 5.58. The highest BCUT2D eigenvalue weighted by atomic mass is 32.1. The Hall–Kier alpha value is -1.42. The lowest BCUT2D eigenvalue weighted by molar-refractivity contribution is 0.909. The van der Waals surface area contributed by atoms with Crippen LogP contribution in [0.15, 0.2) is 30.3 Å². The van der Waals surface area contributed by atoms with Crippen LogP contribution < -0.4 is 4.90 Å². The molecule has 0 aliphatic carbocycles. The average molecular weight is 219 g/mol. The lowest BCUT2D eigenvalue weighted by Gasteiger charge is -2.14. The van der Waals surface area contributed by atoms with Gasteiger partial charge >= 0.3 is 0 Å². The Morgan fingerprint density at radius 1 is 1.27 bits per heavy atom. The predicted molar refractivity (Wildman–Crippen MR) is 63.2 cm³/mol. The lowest BCUT2D eigenvalue weighted by atomic mass is 10.2. The van der Waals surface area contributed by atoms with Crippen molar-refractivity contribution in [2.24, 2.45) is 0 Å². The molecular weight excluding hydrogens is 206 g/mol. The maximum absolute atomic E-state index is 4.34. The van der Waals surface area contributed by atoms with Crippen LogP contribution in [0, 0.1) is 6.92 Å². The smallest absolute Gasteiger partial charge is 0.205 e. The Morgan fingerprint density at radius 3 is 2.60 bits per heavy atom. The van der Waals surface area contributed by atoms with Crippen molar-refractivity contribution in [1.82, 2.24) is 9.36 Å². The molecule has 0 bridgehead atoms. The summed E-state index contributed by atoms with van der Waals surface area (Å²) in [6, 6.07) is 10.4. The van der Waals surface area contributed by atoms with Crippen molar-refractivity contribution in [3.63, 3.8) is 0 Å². The van der Waals surface area contributed by atoms with Gasteiger partial charge in [-0.25, -0.2) is 4.98 Å². The fourth-order valence-corrected chi connectivity index (χ4v) is 2.00. The van der Waals surface area contributed by atoms with Gasteiger partial charge < -0.3 is 4.90 Å². The van der Waals surface area contributed by atoms with E-state index in [2.05, 4.69) is 38.5 Å². The molecule has 0 spiro atoms. The van der Waals surface area contributed by atoms with Gasteiger partial charge in [0.05, 0.1) is 0 Å². The fourth-order valence-electron chi connectivity index (χ4n) is 1.37. The van der Waals surface area contributed by atoms with Crippen LogP contribution in [-0.4, -0.2) is 16.4 Å². The summed E-state index contributed by atoms with van der Waals surface area (Å²) in [5.41, 5.74) is 1.29. The van der Waals surface area contributed by atoms with E-state index < -0.39 is 0 Å². The third-order valence-corrected chi connectivity index (χ3v) is 3.03. The second kappa shape index (κ2) is 4.40. The van der Waals surface area contributed by atoms with Gasteiger partial charge in [0.25, 0.3) is 0 Å². The molecule has 78 valence electrons. The molecule has 1 aromatic carbocycles. The third-order valence-electron chi connectivity index (χ3n) is 2.11. The van der Waals surface area contributed by atoms with E-state index in [1.807, 2.05) is 20.0 Å². The van der Waals surface area contributed by atoms with Gasteiger partial charge in [-0.3, -0.25) is 0 Å². The molecule has 0 aliphatic rings. The van der Waals surface area contributed by atoms with Gasteiger partial charge in [-0.05, 0) is 12.5 Å². The summed E-state index contributed by atoms with van der Waals surface area (Å²) in [5.74, 6) is 0.843. The van der Waals surface area contributed by atoms with Crippen LogP contribution in [-0.2, 0) is 6.54 Å². The minimum absolute atomic E-state index is 0.843. The van der Waals surface area contributed by atoms with Crippen LogP contribution in [0.1, 0.15) is 11.4 Å². The Morgan fingerprint density at radius 2 is 2.00 bits per heavy atom. The van der Waals surface area contributed by atoms with E-state index in [9.17, 15) is 0 Å². The standard InChI is InChI=1S/C11H13N3S/c1-9-12-11(15-13-9)14(2)8-10-6-4-3-5-7-10/h3-7H,8H2,1-2H3. The van der Waals surface area contributed by atoms with Crippen LogP contribution in [0.4, 0.5) is 5.13 Å². The molecule has 1 heterocycles. The number of aryl methyl sites for hydroxylation is 1.